The molecule has 0 aliphatic heterocycles. The van der Waals surface area contributed by atoms with Crippen molar-refractivity contribution >= 4 is 17.7 Å². The topological polar surface area (TPSA) is 61.2 Å². The molecule has 0 N–H and O–H groups in total. The number of rotatable bonds is 5. The fourth-order valence-electron chi connectivity index (χ4n) is 6.11. The summed E-state index contributed by atoms with van der Waals surface area (Å²) < 4.78 is 7.12. The molecule has 1 heterocycles. The van der Waals surface area contributed by atoms with Crippen LogP contribution in [0.4, 0.5) is 0 Å². The van der Waals surface area contributed by atoms with Crippen molar-refractivity contribution in [3.8, 4) is 11.3 Å². The lowest BCUT2D eigenvalue weighted by atomic mass is 9.68. The molecule has 3 aliphatic rings. The molecular formula is C26H32N2O3S. The standard InChI is InChI=1S/C26H32N2O3S/c1-2-31-21(29)17-32-25-27-23-20-13-7-6-10-18(20)16-26(14-8-9-15-26)22(23)24(30)28(25)19-11-4-3-5-12-19/h6-7,10,13,19H,2-5,8-9,11-12,14-17H2,1H3. The lowest BCUT2D eigenvalue weighted by Gasteiger charge is -2.37. The molecule has 1 spiro atoms. The minimum atomic E-state index is -0.257. The number of ether oxygens (including phenoxy) is 1. The fourth-order valence-corrected chi connectivity index (χ4v) is 6.97. The number of carbonyl (C=O) groups excluding carboxylic acids is 1. The zero-order valence-corrected chi connectivity index (χ0v) is 19.7. The highest BCUT2D eigenvalue weighted by molar-refractivity contribution is 7.99. The molecule has 2 saturated carbocycles. The lowest BCUT2D eigenvalue weighted by Crippen LogP contribution is -2.41. The summed E-state index contributed by atoms with van der Waals surface area (Å²) in [6, 6.07) is 8.60. The van der Waals surface area contributed by atoms with Gasteiger partial charge in [-0.15, -0.1) is 0 Å². The second kappa shape index (κ2) is 9.05. The first-order chi connectivity index (χ1) is 15.6. The van der Waals surface area contributed by atoms with Gasteiger partial charge in [-0.3, -0.25) is 14.2 Å². The van der Waals surface area contributed by atoms with Gasteiger partial charge in [0.2, 0.25) is 0 Å². The molecule has 0 radical (unpaired) electrons. The van der Waals surface area contributed by atoms with Gasteiger partial charge in [-0.2, -0.15) is 0 Å². The minimum absolute atomic E-state index is 0.0888. The highest BCUT2D eigenvalue weighted by Gasteiger charge is 2.45. The van der Waals surface area contributed by atoms with Crippen LogP contribution in [0.2, 0.25) is 0 Å². The first-order valence-electron chi connectivity index (χ1n) is 12.2. The molecule has 0 unspecified atom stereocenters. The smallest absolute Gasteiger partial charge is 0.316 e. The summed E-state index contributed by atoms with van der Waals surface area (Å²) in [7, 11) is 0. The monoisotopic (exact) mass is 452 g/mol. The maximum atomic E-state index is 14.3. The average molecular weight is 453 g/mol. The normalized spacial score (nSPS) is 19.5. The van der Waals surface area contributed by atoms with E-state index in [-0.39, 0.29) is 28.7 Å². The van der Waals surface area contributed by atoms with E-state index < -0.39 is 0 Å². The summed E-state index contributed by atoms with van der Waals surface area (Å²) in [4.78, 5) is 31.6. The highest BCUT2D eigenvalue weighted by Crippen LogP contribution is 2.50. The molecule has 170 valence electrons. The number of esters is 1. The summed E-state index contributed by atoms with van der Waals surface area (Å²) in [5.74, 6) is -0.0780. The zero-order valence-electron chi connectivity index (χ0n) is 18.9. The van der Waals surface area contributed by atoms with Gasteiger partial charge < -0.3 is 4.74 Å². The van der Waals surface area contributed by atoms with Crippen molar-refractivity contribution in [2.75, 3.05) is 12.4 Å². The Morgan fingerprint density at radius 3 is 2.66 bits per heavy atom. The van der Waals surface area contributed by atoms with E-state index in [4.69, 9.17) is 9.72 Å². The molecule has 1 aromatic heterocycles. The van der Waals surface area contributed by atoms with Gasteiger partial charge in [0.25, 0.3) is 5.56 Å². The lowest BCUT2D eigenvalue weighted by molar-refractivity contribution is -0.139. The number of nitrogens with zero attached hydrogens (tertiary/aromatic N) is 2. The summed E-state index contributed by atoms with van der Waals surface area (Å²) in [6.07, 6.45) is 10.9. The third-order valence-corrected chi connectivity index (χ3v) is 8.47. The Hall–Kier alpha value is -2.08. The van der Waals surface area contributed by atoms with Gasteiger partial charge in [0, 0.05) is 17.0 Å². The van der Waals surface area contributed by atoms with Gasteiger partial charge in [-0.25, -0.2) is 4.98 Å². The van der Waals surface area contributed by atoms with Gasteiger partial charge >= 0.3 is 5.97 Å². The van der Waals surface area contributed by atoms with Crippen molar-refractivity contribution in [1.29, 1.82) is 0 Å². The number of hydrogen-bond acceptors (Lipinski definition) is 5. The largest absolute Gasteiger partial charge is 0.465 e. The second-order valence-corrected chi connectivity index (χ2v) is 10.4. The number of fused-ring (bicyclic) bond motifs is 4. The molecule has 3 aliphatic carbocycles. The predicted molar refractivity (Wildman–Crippen MR) is 127 cm³/mol. The van der Waals surface area contributed by atoms with Crippen LogP contribution in [0, 0.1) is 0 Å². The van der Waals surface area contributed by atoms with Gasteiger partial charge in [0.15, 0.2) is 5.16 Å². The number of carbonyl (C=O) groups is 1. The maximum Gasteiger partial charge on any atom is 0.316 e. The first-order valence-corrected chi connectivity index (χ1v) is 13.2. The van der Waals surface area contributed by atoms with Crippen LogP contribution in [-0.2, 0) is 21.4 Å². The van der Waals surface area contributed by atoms with Gasteiger partial charge in [-0.1, -0.05) is 68.1 Å². The molecular weight excluding hydrogens is 420 g/mol. The van der Waals surface area contributed by atoms with Crippen molar-refractivity contribution < 1.29 is 9.53 Å². The Bertz CT molecular complexity index is 1070. The second-order valence-electron chi connectivity index (χ2n) is 9.50. The third kappa shape index (κ3) is 3.81. The van der Waals surface area contributed by atoms with Crippen LogP contribution in [-0.4, -0.2) is 27.9 Å². The summed E-state index contributed by atoms with van der Waals surface area (Å²) in [5.41, 5.74) is 4.24. The summed E-state index contributed by atoms with van der Waals surface area (Å²) >= 11 is 1.36. The van der Waals surface area contributed by atoms with E-state index in [9.17, 15) is 9.59 Å². The number of hydrogen-bond donors (Lipinski definition) is 0. The van der Waals surface area contributed by atoms with Crippen molar-refractivity contribution in [3.05, 3.63) is 45.7 Å². The van der Waals surface area contributed by atoms with E-state index >= 15 is 0 Å². The number of thioether (sulfide) groups is 1. The Kier molecular flexibility index (Phi) is 6.15. The van der Waals surface area contributed by atoms with Crippen molar-refractivity contribution in [3.63, 3.8) is 0 Å². The van der Waals surface area contributed by atoms with Crippen LogP contribution < -0.4 is 5.56 Å². The summed E-state index contributed by atoms with van der Waals surface area (Å²) in [6.45, 7) is 2.18. The van der Waals surface area contributed by atoms with E-state index in [1.54, 1.807) is 0 Å². The SMILES string of the molecule is CCOC(=O)CSc1nc2c(c(=O)n1C1CCCCC1)C1(CCCC1)Cc1ccccc1-2. The molecule has 2 fully saturated rings. The van der Waals surface area contributed by atoms with Crippen molar-refractivity contribution in [2.45, 2.75) is 87.7 Å². The predicted octanol–water partition coefficient (Wildman–Crippen LogP) is 5.44. The first kappa shape index (κ1) is 21.7. The van der Waals surface area contributed by atoms with Crippen LogP contribution in [0.3, 0.4) is 0 Å². The Morgan fingerprint density at radius 2 is 1.91 bits per heavy atom. The van der Waals surface area contributed by atoms with Gasteiger partial charge in [0.1, 0.15) is 0 Å². The molecule has 0 atom stereocenters. The quantitative estimate of drug-likeness (QED) is 0.343. The van der Waals surface area contributed by atoms with Crippen LogP contribution >= 0.6 is 11.8 Å². The Morgan fingerprint density at radius 1 is 1.16 bits per heavy atom. The fraction of sp³-hybridized carbons (Fsp3) is 0.577. The van der Waals surface area contributed by atoms with Crippen LogP contribution in [0.25, 0.3) is 11.3 Å². The minimum Gasteiger partial charge on any atom is -0.465 e. The van der Waals surface area contributed by atoms with E-state index in [2.05, 4.69) is 18.2 Å². The molecule has 0 saturated heterocycles. The van der Waals surface area contributed by atoms with Crippen LogP contribution in [0.5, 0.6) is 0 Å². The molecule has 2 aromatic rings. The molecule has 5 nitrogen and oxygen atoms in total. The molecule has 32 heavy (non-hydrogen) atoms. The van der Waals surface area contributed by atoms with E-state index in [0.29, 0.717) is 11.8 Å². The van der Waals surface area contributed by atoms with Crippen molar-refractivity contribution in [1.82, 2.24) is 9.55 Å². The van der Waals surface area contributed by atoms with Crippen LogP contribution in [0.15, 0.2) is 34.2 Å². The van der Waals surface area contributed by atoms with E-state index in [0.717, 1.165) is 61.8 Å². The average Bonchev–Trinajstić information content (AvgIpc) is 3.26. The van der Waals surface area contributed by atoms with Crippen LogP contribution in [0.1, 0.15) is 81.9 Å². The van der Waals surface area contributed by atoms with E-state index in [1.165, 1.54) is 36.6 Å². The highest BCUT2D eigenvalue weighted by atomic mass is 32.2. The van der Waals surface area contributed by atoms with Gasteiger partial charge in [0.05, 0.1) is 23.6 Å². The molecule has 5 rings (SSSR count). The molecule has 1 aromatic carbocycles. The third-order valence-electron chi connectivity index (χ3n) is 7.54. The van der Waals surface area contributed by atoms with Crippen molar-refractivity contribution in [2.24, 2.45) is 0 Å². The molecule has 0 bridgehead atoms. The summed E-state index contributed by atoms with van der Waals surface area (Å²) in [5, 5.41) is 0.679. The van der Waals surface area contributed by atoms with E-state index in [1.807, 2.05) is 17.6 Å². The maximum absolute atomic E-state index is 14.3. The number of benzene rings is 1. The Labute approximate surface area is 194 Å². The molecule has 0 amide bonds. The van der Waals surface area contributed by atoms with Gasteiger partial charge in [-0.05, 0) is 44.6 Å². The Balaban J connectivity index is 1.68. The zero-order chi connectivity index (χ0) is 22.1. The number of aromatic nitrogens is 2. The molecule has 6 heteroatoms.